The molecule has 1 unspecified atom stereocenters. The summed E-state index contributed by atoms with van der Waals surface area (Å²) in [7, 11) is -3.30. The Labute approximate surface area is 107 Å². The second-order valence-corrected chi connectivity index (χ2v) is 6.40. The molecule has 0 aliphatic carbocycles. The van der Waals surface area contributed by atoms with Gasteiger partial charge in [-0.15, -0.1) is 0 Å². The predicted octanol–water partition coefficient (Wildman–Crippen LogP) is -0.283. The number of nitrogens with one attached hydrogen (secondary N) is 1. The summed E-state index contributed by atoms with van der Waals surface area (Å²) in [4.78, 5) is 11.5. The lowest BCUT2D eigenvalue weighted by molar-refractivity contribution is -0.119. The van der Waals surface area contributed by atoms with E-state index in [-0.39, 0.29) is 12.6 Å². The monoisotopic (exact) mass is 270 g/mol. The molecule has 0 aliphatic heterocycles. The number of amides is 1. The minimum atomic E-state index is -3.30. The van der Waals surface area contributed by atoms with E-state index in [1.54, 1.807) is 0 Å². The molecule has 1 aromatic carbocycles. The van der Waals surface area contributed by atoms with Gasteiger partial charge in [0.2, 0.25) is 5.91 Å². The maximum absolute atomic E-state index is 11.5. The van der Waals surface area contributed by atoms with E-state index >= 15 is 0 Å². The number of carbonyl (C=O) groups is 1. The lowest BCUT2D eigenvalue weighted by Crippen LogP contribution is -2.43. The minimum absolute atomic E-state index is 0.248. The average molecular weight is 270 g/mol. The molecule has 100 valence electrons. The Morgan fingerprint density at radius 1 is 1.33 bits per heavy atom. The topological polar surface area (TPSA) is 89.3 Å². The summed E-state index contributed by atoms with van der Waals surface area (Å²) >= 11 is 0. The van der Waals surface area contributed by atoms with Gasteiger partial charge in [0, 0.05) is 18.8 Å². The molecule has 0 bridgehead atoms. The van der Waals surface area contributed by atoms with Gasteiger partial charge in [0.05, 0.1) is 0 Å². The molecule has 5 nitrogen and oxygen atoms in total. The van der Waals surface area contributed by atoms with Crippen LogP contribution < -0.4 is 11.1 Å². The van der Waals surface area contributed by atoms with Gasteiger partial charge in [0.15, 0.2) is 9.84 Å². The number of hydrogen-bond acceptors (Lipinski definition) is 4. The minimum Gasteiger partial charge on any atom is -0.351 e. The van der Waals surface area contributed by atoms with Crippen molar-refractivity contribution in [2.45, 2.75) is 12.5 Å². The lowest BCUT2D eigenvalue weighted by atomic mass is 10.1. The number of hydrogen-bond donors (Lipinski definition) is 2. The summed E-state index contributed by atoms with van der Waals surface area (Å²) in [6.07, 6.45) is 1.62. The van der Waals surface area contributed by atoms with Crippen LogP contribution in [0.5, 0.6) is 0 Å². The molecule has 1 rings (SSSR count). The first-order chi connectivity index (χ1) is 8.40. The van der Waals surface area contributed by atoms with E-state index in [4.69, 9.17) is 5.73 Å². The quantitative estimate of drug-likeness (QED) is 0.744. The predicted molar refractivity (Wildman–Crippen MR) is 70.8 cm³/mol. The van der Waals surface area contributed by atoms with Gasteiger partial charge in [-0.3, -0.25) is 4.79 Å². The Balaban J connectivity index is 2.55. The molecule has 0 spiro atoms. The largest absolute Gasteiger partial charge is 0.351 e. The van der Waals surface area contributed by atoms with Gasteiger partial charge in [-0.05, 0) is 12.0 Å². The molecule has 0 fully saturated rings. The van der Waals surface area contributed by atoms with Crippen LogP contribution in [0, 0.1) is 0 Å². The highest BCUT2D eigenvalue weighted by Gasteiger charge is 2.15. The van der Waals surface area contributed by atoms with Crippen molar-refractivity contribution in [2.75, 3.05) is 18.6 Å². The third kappa shape index (κ3) is 5.79. The second kappa shape index (κ2) is 6.51. The van der Waals surface area contributed by atoms with Crippen molar-refractivity contribution in [2.24, 2.45) is 5.73 Å². The molecule has 0 heterocycles. The zero-order valence-electron chi connectivity index (χ0n) is 10.3. The zero-order valence-corrected chi connectivity index (χ0v) is 11.1. The maximum Gasteiger partial charge on any atom is 0.235 e. The van der Waals surface area contributed by atoms with Crippen molar-refractivity contribution in [3.63, 3.8) is 0 Å². The van der Waals surface area contributed by atoms with Crippen LogP contribution in [0.3, 0.4) is 0 Å². The van der Waals surface area contributed by atoms with Crippen LogP contribution in [0.4, 0.5) is 0 Å². The van der Waals surface area contributed by atoms with Crippen molar-refractivity contribution >= 4 is 15.7 Å². The van der Waals surface area contributed by atoms with E-state index in [9.17, 15) is 13.2 Å². The van der Waals surface area contributed by atoms with Gasteiger partial charge in [0.25, 0.3) is 0 Å². The van der Waals surface area contributed by atoms with Gasteiger partial charge < -0.3 is 11.1 Å². The van der Waals surface area contributed by atoms with Crippen molar-refractivity contribution in [3.8, 4) is 0 Å². The molecule has 1 atom stereocenters. The SMILES string of the molecule is CS(=O)(=O)CC(=O)NC(CN)Cc1ccccc1. The Morgan fingerprint density at radius 2 is 1.94 bits per heavy atom. The van der Waals surface area contributed by atoms with Crippen molar-refractivity contribution in [3.05, 3.63) is 35.9 Å². The fourth-order valence-electron chi connectivity index (χ4n) is 1.60. The molecule has 3 N–H and O–H groups in total. The van der Waals surface area contributed by atoms with E-state index in [0.717, 1.165) is 11.8 Å². The smallest absolute Gasteiger partial charge is 0.235 e. The van der Waals surface area contributed by atoms with E-state index in [2.05, 4.69) is 5.32 Å². The van der Waals surface area contributed by atoms with Crippen LogP contribution in [0.25, 0.3) is 0 Å². The first kappa shape index (κ1) is 14.7. The molecule has 0 saturated carbocycles. The lowest BCUT2D eigenvalue weighted by Gasteiger charge is -2.16. The average Bonchev–Trinajstić information content (AvgIpc) is 2.27. The highest BCUT2D eigenvalue weighted by Crippen LogP contribution is 2.02. The molecule has 0 aromatic heterocycles. The highest BCUT2D eigenvalue weighted by atomic mass is 32.2. The zero-order chi connectivity index (χ0) is 13.6. The summed E-state index contributed by atoms with van der Waals surface area (Å²) in [5, 5.41) is 2.63. The number of sulfone groups is 1. The van der Waals surface area contributed by atoms with Crippen molar-refractivity contribution in [1.82, 2.24) is 5.32 Å². The third-order valence-electron chi connectivity index (χ3n) is 2.37. The highest BCUT2D eigenvalue weighted by molar-refractivity contribution is 7.91. The normalized spacial score (nSPS) is 13.0. The van der Waals surface area contributed by atoms with E-state index in [1.165, 1.54) is 0 Å². The first-order valence-electron chi connectivity index (χ1n) is 5.62. The summed E-state index contributed by atoms with van der Waals surface area (Å²) in [6.45, 7) is 0.268. The summed E-state index contributed by atoms with van der Waals surface area (Å²) < 4.78 is 22.0. The van der Waals surface area contributed by atoms with E-state index in [1.807, 2.05) is 30.3 Å². The molecular weight excluding hydrogens is 252 g/mol. The molecule has 6 heteroatoms. The Morgan fingerprint density at radius 3 is 2.44 bits per heavy atom. The molecule has 18 heavy (non-hydrogen) atoms. The standard InChI is InChI=1S/C12H18N2O3S/c1-18(16,17)9-12(15)14-11(8-13)7-10-5-3-2-4-6-10/h2-6,11H,7-9,13H2,1H3,(H,14,15). The van der Waals surface area contributed by atoms with E-state index < -0.39 is 21.5 Å². The van der Waals surface area contributed by atoms with Crippen LogP contribution in [-0.4, -0.2) is 38.9 Å². The Bertz CT molecular complexity index is 485. The van der Waals surface area contributed by atoms with Gasteiger partial charge >= 0.3 is 0 Å². The number of benzene rings is 1. The molecule has 1 aromatic rings. The molecule has 0 aliphatic rings. The van der Waals surface area contributed by atoms with Gasteiger partial charge in [-0.2, -0.15) is 0 Å². The van der Waals surface area contributed by atoms with Crippen molar-refractivity contribution in [1.29, 1.82) is 0 Å². The Hall–Kier alpha value is -1.40. The Kier molecular flexibility index (Phi) is 5.30. The molecule has 0 saturated heterocycles. The second-order valence-electron chi connectivity index (χ2n) is 4.26. The van der Waals surface area contributed by atoms with Crippen LogP contribution in [0.2, 0.25) is 0 Å². The molecule has 0 radical (unpaired) electrons. The van der Waals surface area contributed by atoms with Gasteiger partial charge in [-0.25, -0.2) is 8.42 Å². The fraction of sp³-hybridized carbons (Fsp3) is 0.417. The summed E-state index contributed by atoms with van der Waals surface area (Å²) in [5.74, 6) is -1.01. The maximum atomic E-state index is 11.5. The summed E-state index contributed by atoms with van der Waals surface area (Å²) in [6, 6.07) is 9.34. The van der Waals surface area contributed by atoms with Crippen LogP contribution in [0.1, 0.15) is 5.56 Å². The number of nitrogens with two attached hydrogens (primary N) is 1. The van der Waals surface area contributed by atoms with E-state index in [0.29, 0.717) is 6.42 Å². The number of carbonyl (C=O) groups excluding carboxylic acids is 1. The van der Waals surface area contributed by atoms with Crippen LogP contribution in [0.15, 0.2) is 30.3 Å². The fourth-order valence-corrected chi connectivity index (χ4v) is 2.16. The van der Waals surface area contributed by atoms with Gasteiger partial charge in [-0.1, -0.05) is 30.3 Å². The van der Waals surface area contributed by atoms with Crippen LogP contribution in [-0.2, 0) is 21.1 Å². The molecular formula is C12H18N2O3S. The number of rotatable bonds is 6. The van der Waals surface area contributed by atoms with Crippen molar-refractivity contribution < 1.29 is 13.2 Å². The van der Waals surface area contributed by atoms with Gasteiger partial charge in [0.1, 0.15) is 5.75 Å². The molecule has 1 amide bonds. The first-order valence-corrected chi connectivity index (χ1v) is 7.68. The van der Waals surface area contributed by atoms with Crippen LogP contribution >= 0.6 is 0 Å². The summed E-state index contributed by atoms with van der Waals surface area (Å²) in [5.41, 5.74) is 6.62. The third-order valence-corrected chi connectivity index (χ3v) is 3.15.